The standard InChI is InChI=1S/C16H22ClN3O/c1-4-11(2)20-8-7-14(19-20)10-21-16-6-5-13(17)9-15(16)12(3)18/h5-9,11-12H,4,10,18H2,1-3H3/t11?,12-/m0/s1. The third-order valence-corrected chi connectivity index (χ3v) is 3.78. The Kier molecular flexibility index (Phi) is 5.26. The number of hydrogen-bond acceptors (Lipinski definition) is 3. The number of ether oxygens (including phenoxy) is 1. The van der Waals surface area contributed by atoms with Gasteiger partial charge in [0.15, 0.2) is 0 Å². The molecule has 0 spiro atoms. The lowest BCUT2D eigenvalue weighted by atomic mass is 10.1. The Balaban J connectivity index is 2.08. The fourth-order valence-electron chi connectivity index (χ4n) is 2.05. The van der Waals surface area contributed by atoms with Crippen molar-refractivity contribution in [2.45, 2.75) is 45.9 Å². The maximum Gasteiger partial charge on any atom is 0.132 e. The molecule has 0 aliphatic rings. The largest absolute Gasteiger partial charge is 0.487 e. The molecule has 2 aromatic rings. The highest BCUT2D eigenvalue weighted by Crippen LogP contribution is 2.27. The summed E-state index contributed by atoms with van der Waals surface area (Å²) in [4.78, 5) is 0. The Morgan fingerprint density at radius 3 is 2.76 bits per heavy atom. The molecule has 0 bridgehead atoms. The normalized spacial score (nSPS) is 14.0. The Labute approximate surface area is 130 Å². The number of halogens is 1. The van der Waals surface area contributed by atoms with E-state index in [-0.39, 0.29) is 6.04 Å². The molecular weight excluding hydrogens is 286 g/mol. The summed E-state index contributed by atoms with van der Waals surface area (Å²) in [5.74, 6) is 0.757. The van der Waals surface area contributed by atoms with E-state index in [0.717, 1.165) is 23.4 Å². The van der Waals surface area contributed by atoms with E-state index >= 15 is 0 Å². The highest BCUT2D eigenvalue weighted by molar-refractivity contribution is 6.30. The molecular formula is C16H22ClN3O. The van der Waals surface area contributed by atoms with Gasteiger partial charge in [0.1, 0.15) is 12.4 Å². The number of nitrogens with two attached hydrogens (primary N) is 1. The summed E-state index contributed by atoms with van der Waals surface area (Å²) in [5.41, 5.74) is 7.77. The van der Waals surface area contributed by atoms with E-state index in [9.17, 15) is 0 Å². The zero-order valence-electron chi connectivity index (χ0n) is 12.7. The second kappa shape index (κ2) is 6.96. The lowest BCUT2D eigenvalue weighted by Gasteiger charge is -2.14. The number of nitrogens with zero attached hydrogens (tertiary/aromatic N) is 2. The highest BCUT2D eigenvalue weighted by Gasteiger charge is 2.10. The molecule has 0 fully saturated rings. The van der Waals surface area contributed by atoms with E-state index in [0.29, 0.717) is 17.7 Å². The minimum atomic E-state index is -0.128. The first-order valence-corrected chi connectivity index (χ1v) is 7.61. The van der Waals surface area contributed by atoms with E-state index in [2.05, 4.69) is 18.9 Å². The molecule has 1 unspecified atom stereocenters. The van der Waals surface area contributed by atoms with Crippen molar-refractivity contribution in [3.63, 3.8) is 0 Å². The predicted octanol–water partition coefficient (Wildman–Crippen LogP) is 4.11. The van der Waals surface area contributed by atoms with Crippen LogP contribution in [0.4, 0.5) is 0 Å². The van der Waals surface area contributed by atoms with E-state index in [1.54, 1.807) is 6.07 Å². The van der Waals surface area contributed by atoms with Gasteiger partial charge >= 0.3 is 0 Å². The minimum Gasteiger partial charge on any atom is -0.487 e. The number of hydrogen-bond donors (Lipinski definition) is 1. The van der Waals surface area contributed by atoms with Gasteiger partial charge in [-0.3, -0.25) is 4.68 Å². The first-order valence-electron chi connectivity index (χ1n) is 7.23. The van der Waals surface area contributed by atoms with Crippen molar-refractivity contribution in [1.82, 2.24) is 9.78 Å². The third-order valence-electron chi connectivity index (χ3n) is 3.54. The van der Waals surface area contributed by atoms with Crippen LogP contribution in [0.15, 0.2) is 30.5 Å². The van der Waals surface area contributed by atoms with Crippen LogP contribution in [0.1, 0.15) is 50.5 Å². The van der Waals surface area contributed by atoms with Gasteiger partial charge < -0.3 is 10.5 Å². The molecule has 0 aliphatic heterocycles. The third kappa shape index (κ3) is 3.99. The minimum absolute atomic E-state index is 0.128. The Bertz CT molecular complexity index is 595. The van der Waals surface area contributed by atoms with Crippen LogP contribution in [0.5, 0.6) is 5.75 Å². The molecule has 1 heterocycles. The SMILES string of the molecule is CCC(C)n1ccc(COc2ccc(Cl)cc2[C@H](C)N)n1. The van der Waals surface area contributed by atoms with Gasteiger partial charge in [-0.2, -0.15) is 5.10 Å². The second-order valence-corrected chi connectivity index (χ2v) is 5.74. The molecule has 4 nitrogen and oxygen atoms in total. The van der Waals surface area contributed by atoms with Crippen LogP contribution in [0.3, 0.4) is 0 Å². The fourth-order valence-corrected chi connectivity index (χ4v) is 2.23. The number of rotatable bonds is 6. The molecule has 114 valence electrons. The van der Waals surface area contributed by atoms with Crippen molar-refractivity contribution in [2.75, 3.05) is 0 Å². The Morgan fingerprint density at radius 1 is 1.33 bits per heavy atom. The number of aromatic nitrogens is 2. The van der Waals surface area contributed by atoms with Crippen LogP contribution < -0.4 is 10.5 Å². The highest BCUT2D eigenvalue weighted by atomic mass is 35.5. The summed E-state index contributed by atoms with van der Waals surface area (Å²) in [6, 6.07) is 7.76. The number of benzene rings is 1. The average molecular weight is 308 g/mol. The van der Waals surface area contributed by atoms with Crippen LogP contribution in [0.2, 0.25) is 5.02 Å². The molecule has 0 saturated carbocycles. The summed E-state index contributed by atoms with van der Waals surface area (Å²) >= 11 is 6.01. The van der Waals surface area contributed by atoms with E-state index in [1.165, 1.54) is 0 Å². The van der Waals surface area contributed by atoms with Crippen molar-refractivity contribution >= 4 is 11.6 Å². The Morgan fingerprint density at radius 2 is 2.10 bits per heavy atom. The lowest BCUT2D eigenvalue weighted by Crippen LogP contribution is -2.09. The summed E-state index contributed by atoms with van der Waals surface area (Å²) in [5, 5.41) is 5.19. The first kappa shape index (κ1) is 15.9. The molecule has 2 atom stereocenters. The van der Waals surface area contributed by atoms with Crippen LogP contribution in [0.25, 0.3) is 0 Å². The summed E-state index contributed by atoms with van der Waals surface area (Å²) in [7, 11) is 0. The molecule has 0 radical (unpaired) electrons. The molecule has 2 rings (SSSR count). The molecule has 2 N–H and O–H groups in total. The summed E-state index contributed by atoms with van der Waals surface area (Å²) in [6.45, 7) is 6.62. The average Bonchev–Trinajstić information content (AvgIpc) is 2.93. The zero-order chi connectivity index (χ0) is 15.4. The van der Waals surface area contributed by atoms with Crippen LogP contribution in [-0.4, -0.2) is 9.78 Å². The fraction of sp³-hybridized carbons (Fsp3) is 0.438. The monoisotopic (exact) mass is 307 g/mol. The van der Waals surface area contributed by atoms with Crippen LogP contribution in [0, 0.1) is 0 Å². The molecule has 0 amide bonds. The molecule has 1 aromatic heterocycles. The zero-order valence-corrected chi connectivity index (χ0v) is 13.5. The molecule has 21 heavy (non-hydrogen) atoms. The van der Waals surface area contributed by atoms with E-state index < -0.39 is 0 Å². The quantitative estimate of drug-likeness (QED) is 0.874. The lowest BCUT2D eigenvalue weighted by molar-refractivity contribution is 0.293. The first-order chi connectivity index (χ1) is 10.0. The van der Waals surface area contributed by atoms with Gasteiger partial charge in [-0.05, 0) is 44.5 Å². The van der Waals surface area contributed by atoms with Gasteiger partial charge in [-0.25, -0.2) is 0 Å². The van der Waals surface area contributed by atoms with Gasteiger partial charge in [-0.1, -0.05) is 18.5 Å². The summed E-state index contributed by atoms with van der Waals surface area (Å²) < 4.78 is 7.82. The maximum absolute atomic E-state index is 6.01. The molecule has 5 heteroatoms. The second-order valence-electron chi connectivity index (χ2n) is 5.30. The van der Waals surface area contributed by atoms with E-state index in [1.807, 2.05) is 36.0 Å². The van der Waals surface area contributed by atoms with Gasteiger partial charge in [0.2, 0.25) is 0 Å². The van der Waals surface area contributed by atoms with Gasteiger partial charge in [0, 0.05) is 28.9 Å². The predicted molar refractivity (Wildman–Crippen MR) is 85.6 cm³/mol. The van der Waals surface area contributed by atoms with Crippen molar-refractivity contribution in [1.29, 1.82) is 0 Å². The van der Waals surface area contributed by atoms with Gasteiger partial charge in [0.25, 0.3) is 0 Å². The molecule has 0 aliphatic carbocycles. The smallest absolute Gasteiger partial charge is 0.132 e. The van der Waals surface area contributed by atoms with Crippen molar-refractivity contribution in [3.05, 3.63) is 46.7 Å². The van der Waals surface area contributed by atoms with Crippen molar-refractivity contribution in [3.8, 4) is 5.75 Å². The Hall–Kier alpha value is -1.52. The van der Waals surface area contributed by atoms with Crippen molar-refractivity contribution in [2.24, 2.45) is 5.73 Å². The summed E-state index contributed by atoms with van der Waals surface area (Å²) in [6.07, 6.45) is 3.04. The van der Waals surface area contributed by atoms with Crippen molar-refractivity contribution < 1.29 is 4.74 Å². The molecule has 1 aromatic carbocycles. The van der Waals surface area contributed by atoms with Gasteiger partial charge in [-0.15, -0.1) is 0 Å². The van der Waals surface area contributed by atoms with Crippen LogP contribution in [-0.2, 0) is 6.61 Å². The van der Waals surface area contributed by atoms with Gasteiger partial charge in [0.05, 0.1) is 5.69 Å². The molecule has 0 saturated heterocycles. The maximum atomic E-state index is 6.01. The van der Waals surface area contributed by atoms with Crippen LogP contribution >= 0.6 is 11.6 Å². The van der Waals surface area contributed by atoms with E-state index in [4.69, 9.17) is 22.1 Å². The topological polar surface area (TPSA) is 53.1 Å².